The summed E-state index contributed by atoms with van der Waals surface area (Å²) in [6, 6.07) is 63.3. The van der Waals surface area contributed by atoms with Gasteiger partial charge in [0.15, 0.2) is 0 Å². The molecule has 7 rings (SSSR count). The van der Waals surface area contributed by atoms with Crippen molar-refractivity contribution in [2.45, 2.75) is 0 Å². The first-order valence-corrected chi connectivity index (χ1v) is 15.2. The van der Waals surface area contributed by atoms with Crippen LogP contribution in [0.3, 0.4) is 0 Å². The fourth-order valence-electron chi connectivity index (χ4n) is 5.63. The number of rotatable bonds is 9. The van der Waals surface area contributed by atoms with E-state index in [4.69, 9.17) is 0 Å². The van der Waals surface area contributed by atoms with E-state index in [9.17, 15) is 0 Å². The molecule has 0 unspecified atom stereocenters. The van der Waals surface area contributed by atoms with E-state index in [1.807, 2.05) is 30.3 Å². The molecule has 0 amide bonds. The molecule has 7 aromatic carbocycles. The summed E-state index contributed by atoms with van der Waals surface area (Å²) in [5.74, 6) is 0. The number of anilines is 6. The van der Waals surface area contributed by atoms with Gasteiger partial charge in [0, 0.05) is 50.8 Å². The SMILES string of the molecule is c1ccc(Nc2cc(Nc3ccccc3-c3ccc(-c4ccccc4)c(Nc4ccccc4)c3)ccc2-c2ccccc2)cc1. The van der Waals surface area contributed by atoms with Gasteiger partial charge >= 0.3 is 0 Å². The first-order valence-electron chi connectivity index (χ1n) is 15.2. The smallest absolute Gasteiger partial charge is 0.0484 e. The van der Waals surface area contributed by atoms with Crippen molar-refractivity contribution in [3.05, 3.63) is 182 Å². The molecule has 3 heteroatoms. The third-order valence-corrected chi connectivity index (χ3v) is 7.83. The molecule has 216 valence electrons. The van der Waals surface area contributed by atoms with E-state index in [1.54, 1.807) is 0 Å². The Labute approximate surface area is 264 Å². The molecule has 0 spiro atoms. The molecule has 0 atom stereocenters. The van der Waals surface area contributed by atoms with Gasteiger partial charge in [-0.1, -0.05) is 133 Å². The summed E-state index contributed by atoms with van der Waals surface area (Å²) in [6.45, 7) is 0. The van der Waals surface area contributed by atoms with Gasteiger partial charge < -0.3 is 16.0 Å². The van der Waals surface area contributed by atoms with Crippen LogP contribution in [0, 0.1) is 0 Å². The first kappa shape index (κ1) is 27.8. The molecule has 0 radical (unpaired) electrons. The van der Waals surface area contributed by atoms with Gasteiger partial charge in [-0.2, -0.15) is 0 Å². The molecule has 0 fully saturated rings. The van der Waals surface area contributed by atoms with E-state index in [1.165, 1.54) is 11.1 Å². The summed E-state index contributed by atoms with van der Waals surface area (Å²) in [6.07, 6.45) is 0. The minimum absolute atomic E-state index is 1.00. The third kappa shape index (κ3) is 6.48. The lowest BCUT2D eigenvalue weighted by Gasteiger charge is -2.18. The topological polar surface area (TPSA) is 36.1 Å². The third-order valence-electron chi connectivity index (χ3n) is 7.83. The monoisotopic (exact) mass is 579 g/mol. The lowest BCUT2D eigenvalue weighted by Crippen LogP contribution is -1.98. The standard InChI is InChI=1S/C42H33N3/c1-5-15-31(16-6-1)38-27-25-33(29-41(38)43-34-19-9-3-10-20-34)37-23-13-14-24-40(37)45-36-26-28-39(32-17-7-2-8-18-32)42(30-36)44-35-21-11-4-12-22-35/h1-30,43-45H. The van der Waals surface area contributed by atoms with E-state index < -0.39 is 0 Å². The summed E-state index contributed by atoms with van der Waals surface area (Å²) in [5.41, 5.74) is 13.1. The van der Waals surface area contributed by atoms with Gasteiger partial charge in [-0.3, -0.25) is 0 Å². The molecular weight excluding hydrogens is 546 g/mol. The Morgan fingerprint density at radius 1 is 0.244 bits per heavy atom. The van der Waals surface area contributed by atoms with Gasteiger partial charge in [0.2, 0.25) is 0 Å². The van der Waals surface area contributed by atoms with Crippen LogP contribution in [0.15, 0.2) is 182 Å². The second-order valence-corrected chi connectivity index (χ2v) is 10.9. The fraction of sp³-hybridized carbons (Fsp3) is 0. The van der Waals surface area contributed by atoms with Crippen molar-refractivity contribution in [3.8, 4) is 33.4 Å². The van der Waals surface area contributed by atoms with Gasteiger partial charge in [-0.25, -0.2) is 0 Å². The van der Waals surface area contributed by atoms with Crippen molar-refractivity contribution in [1.29, 1.82) is 0 Å². The molecule has 0 saturated carbocycles. The minimum atomic E-state index is 1.00. The van der Waals surface area contributed by atoms with E-state index in [-0.39, 0.29) is 0 Å². The Bertz CT molecular complexity index is 2010. The number of benzene rings is 7. The highest BCUT2D eigenvalue weighted by Gasteiger charge is 2.13. The lowest BCUT2D eigenvalue weighted by molar-refractivity contribution is 1.49. The maximum atomic E-state index is 3.73. The van der Waals surface area contributed by atoms with E-state index >= 15 is 0 Å². The van der Waals surface area contributed by atoms with Crippen molar-refractivity contribution in [3.63, 3.8) is 0 Å². The predicted octanol–water partition coefficient (Wildman–Crippen LogP) is 11.9. The van der Waals surface area contributed by atoms with Crippen LogP contribution in [0.1, 0.15) is 0 Å². The Hall–Kier alpha value is -6.06. The van der Waals surface area contributed by atoms with Crippen molar-refractivity contribution in [2.24, 2.45) is 0 Å². The van der Waals surface area contributed by atoms with Gasteiger partial charge in [-0.15, -0.1) is 0 Å². The summed E-state index contributed by atoms with van der Waals surface area (Å²) in [4.78, 5) is 0. The molecule has 7 aromatic rings. The maximum absolute atomic E-state index is 3.73. The van der Waals surface area contributed by atoms with E-state index in [0.29, 0.717) is 0 Å². The average molecular weight is 580 g/mol. The summed E-state index contributed by atoms with van der Waals surface area (Å²) < 4.78 is 0. The quantitative estimate of drug-likeness (QED) is 0.159. The van der Waals surface area contributed by atoms with Gasteiger partial charge in [0.1, 0.15) is 0 Å². The van der Waals surface area contributed by atoms with Gasteiger partial charge in [-0.05, 0) is 65.2 Å². The van der Waals surface area contributed by atoms with Crippen LogP contribution in [-0.2, 0) is 0 Å². The molecule has 0 aliphatic carbocycles. The van der Waals surface area contributed by atoms with Crippen LogP contribution in [0.4, 0.5) is 34.1 Å². The van der Waals surface area contributed by atoms with Crippen LogP contribution in [0.5, 0.6) is 0 Å². The molecule has 0 aromatic heterocycles. The van der Waals surface area contributed by atoms with Crippen molar-refractivity contribution < 1.29 is 0 Å². The van der Waals surface area contributed by atoms with E-state index in [2.05, 4.69) is 168 Å². The van der Waals surface area contributed by atoms with Crippen molar-refractivity contribution in [1.82, 2.24) is 0 Å². The van der Waals surface area contributed by atoms with Crippen molar-refractivity contribution in [2.75, 3.05) is 16.0 Å². The molecule has 0 bridgehead atoms. The number of para-hydroxylation sites is 3. The number of hydrogen-bond donors (Lipinski definition) is 3. The van der Waals surface area contributed by atoms with Crippen LogP contribution in [-0.4, -0.2) is 0 Å². The molecule has 0 heterocycles. The predicted molar refractivity (Wildman–Crippen MR) is 192 cm³/mol. The Balaban J connectivity index is 1.26. The Morgan fingerprint density at radius 2 is 0.667 bits per heavy atom. The van der Waals surface area contributed by atoms with Crippen molar-refractivity contribution >= 4 is 34.1 Å². The Kier molecular flexibility index (Phi) is 8.06. The normalized spacial score (nSPS) is 10.7. The van der Waals surface area contributed by atoms with Gasteiger partial charge in [0.25, 0.3) is 0 Å². The molecular formula is C42H33N3. The van der Waals surface area contributed by atoms with Crippen LogP contribution in [0.25, 0.3) is 33.4 Å². The molecule has 0 aliphatic rings. The zero-order chi connectivity index (χ0) is 30.3. The molecule has 45 heavy (non-hydrogen) atoms. The highest BCUT2D eigenvalue weighted by atomic mass is 14.9. The summed E-state index contributed by atoms with van der Waals surface area (Å²) in [5, 5.41) is 11.1. The molecule has 0 saturated heterocycles. The number of nitrogens with one attached hydrogen (secondary N) is 3. The first-order chi connectivity index (χ1) is 22.3. The highest BCUT2D eigenvalue weighted by molar-refractivity contribution is 5.90. The zero-order valence-corrected chi connectivity index (χ0v) is 24.8. The lowest BCUT2D eigenvalue weighted by atomic mass is 9.97. The molecule has 3 N–H and O–H groups in total. The second-order valence-electron chi connectivity index (χ2n) is 10.9. The van der Waals surface area contributed by atoms with E-state index in [0.717, 1.165) is 56.4 Å². The minimum Gasteiger partial charge on any atom is -0.355 e. The van der Waals surface area contributed by atoms with Crippen LogP contribution < -0.4 is 16.0 Å². The van der Waals surface area contributed by atoms with Crippen LogP contribution >= 0.6 is 0 Å². The Morgan fingerprint density at radius 3 is 1.24 bits per heavy atom. The van der Waals surface area contributed by atoms with Gasteiger partial charge in [0.05, 0.1) is 0 Å². The summed E-state index contributed by atoms with van der Waals surface area (Å²) >= 11 is 0. The highest BCUT2D eigenvalue weighted by Crippen LogP contribution is 2.39. The second kappa shape index (κ2) is 13.1. The maximum Gasteiger partial charge on any atom is 0.0484 e. The summed E-state index contributed by atoms with van der Waals surface area (Å²) in [7, 11) is 0. The zero-order valence-electron chi connectivity index (χ0n) is 24.8. The number of hydrogen-bond acceptors (Lipinski definition) is 3. The van der Waals surface area contributed by atoms with Crippen LogP contribution in [0.2, 0.25) is 0 Å². The molecule has 0 aliphatic heterocycles. The largest absolute Gasteiger partial charge is 0.355 e. The molecule has 3 nitrogen and oxygen atoms in total. The average Bonchev–Trinajstić information content (AvgIpc) is 3.10. The fourth-order valence-corrected chi connectivity index (χ4v) is 5.63.